The summed E-state index contributed by atoms with van der Waals surface area (Å²) in [4.78, 5) is 11.8. The van der Waals surface area contributed by atoms with Gasteiger partial charge in [0, 0.05) is 25.0 Å². The molecule has 0 heterocycles. The van der Waals surface area contributed by atoms with E-state index in [1.54, 1.807) is 25.3 Å². The van der Waals surface area contributed by atoms with Gasteiger partial charge in [0.2, 0.25) is 0 Å². The van der Waals surface area contributed by atoms with Crippen LogP contribution in [-0.2, 0) is 9.47 Å². The van der Waals surface area contributed by atoms with Gasteiger partial charge < -0.3 is 24.8 Å². The molecule has 0 aliphatic heterocycles. The van der Waals surface area contributed by atoms with Gasteiger partial charge >= 0.3 is 6.03 Å². The van der Waals surface area contributed by atoms with Crippen molar-refractivity contribution in [3.8, 4) is 5.75 Å². The number of carbonyl (C=O) groups excluding carboxylic acids is 1. The van der Waals surface area contributed by atoms with Gasteiger partial charge in [0.15, 0.2) is 6.29 Å². The molecule has 112 valence electrons. The first-order valence-electron chi connectivity index (χ1n) is 6.61. The third-order valence-corrected chi connectivity index (χ3v) is 2.46. The molecule has 0 aromatic heterocycles. The monoisotopic (exact) mass is 282 g/mol. The van der Waals surface area contributed by atoms with Crippen LogP contribution in [0.5, 0.6) is 5.75 Å². The predicted octanol–water partition coefficient (Wildman–Crippen LogP) is 2.22. The first-order chi connectivity index (χ1) is 9.69. The van der Waals surface area contributed by atoms with Crippen molar-refractivity contribution < 1.29 is 19.0 Å². The maximum Gasteiger partial charge on any atom is 0.319 e. The van der Waals surface area contributed by atoms with Crippen molar-refractivity contribution in [2.75, 3.05) is 32.2 Å². The van der Waals surface area contributed by atoms with Gasteiger partial charge in [-0.3, -0.25) is 0 Å². The summed E-state index contributed by atoms with van der Waals surface area (Å²) in [7, 11) is 1.58. The number of rotatable bonds is 8. The molecule has 0 aliphatic carbocycles. The fraction of sp³-hybridized carbons (Fsp3) is 0.500. The summed E-state index contributed by atoms with van der Waals surface area (Å²) in [5, 5.41) is 5.41. The van der Waals surface area contributed by atoms with Crippen LogP contribution in [0.4, 0.5) is 10.5 Å². The molecule has 0 radical (unpaired) electrons. The number of amides is 2. The van der Waals surface area contributed by atoms with E-state index in [2.05, 4.69) is 10.6 Å². The molecule has 20 heavy (non-hydrogen) atoms. The number of methoxy groups -OCH3 is 1. The zero-order valence-electron chi connectivity index (χ0n) is 12.1. The predicted molar refractivity (Wildman–Crippen MR) is 77.1 cm³/mol. The van der Waals surface area contributed by atoms with Crippen molar-refractivity contribution >= 4 is 11.7 Å². The fourth-order valence-electron chi connectivity index (χ4n) is 1.59. The van der Waals surface area contributed by atoms with Gasteiger partial charge in [-0.2, -0.15) is 0 Å². The Labute approximate surface area is 119 Å². The number of carbonyl (C=O) groups is 1. The number of ether oxygens (including phenoxy) is 3. The van der Waals surface area contributed by atoms with E-state index in [-0.39, 0.29) is 12.6 Å². The highest BCUT2D eigenvalue weighted by molar-refractivity contribution is 5.89. The average Bonchev–Trinajstić information content (AvgIpc) is 2.45. The van der Waals surface area contributed by atoms with Gasteiger partial charge in [0.05, 0.1) is 13.7 Å². The minimum atomic E-state index is -0.430. The standard InChI is InChI=1S/C14H22N2O4/c1-4-19-13(20-5-2)10-15-14(17)16-11-7-6-8-12(9-11)18-3/h6-9,13H,4-5,10H2,1-3H3,(H2,15,16,17). The lowest BCUT2D eigenvalue weighted by Gasteiger charge is -2.17. The highest BCUT2D eigenvalue weighted by Crippen LogP contribution is 2.16. The van der Waals surface area contributed by atoms with Crippen LogP contribution in [0.2, 0.25) is 0 Å². The lowest BCUT2D eigenvalue weighted by Crippen LogP contribution is -2.37. The Hall–Kier alpha value is -1.79. The van der Waals surface area contributed by atoms with Crippen LogP contribution in [0.3, 0.4) is 0 Å². The minimum Gasteiger partial charge on any atom is -0.497 e. The van der Waals surface area contributed by atoms with Gasteiger partial charge in [0.1, 0.15) is 5.75 Å². The van der Waals surface area contributed by atoms with Crippen LogP contribution in [-0.4, -0.2) is 39.2 Å². The van der Waals surface area contributed by atoms with E-state index in [0.29, 0.717) is 24.7 Å². The Morgan fingerprint density at radius 3 is 2.55 bits per heavy atom. The van der Waals surface area contributed by atoms with Crippen LogP contribution in [0.1, 0.15) is 13.8 Å². The average molecular weight is 282 g/mol. The Balaban J connectivity index is 2.42. The van der Waals surface area contributed by atoms with Gasteiger partial charge in [0.25, 0.3) is 0 Å². The molecule has 0 saturated heterocycles. The van der Waals surface area contributed by atoms with Gasteiger partial charge in [-0.15, -0.1) is 0 Å². The third-order valence-electron chi connectivity index (χ3n) is 2.46. The zero-order valence-corrected chi connectivity index (χ0v) is 12.1. The number of benzene rings is 1. The second kappa shape index (κ2) is 9.17. The van der Waals surface area contributed by atoms with Crippen molar-refractivity contribution in [1.29, 1.82) is 0 Å². The van der Waals surface area contributed by atoms with E-state index in [4.69, 9.17) is 14.2 Å². The molecule has 0 fully saturated rings. The second-order valence-corrected chi connectivity index (χ2v) is 3.91. The molecule has 0 saturated carbocycles. The molecule has 6 nitrogen and oxygen atoms in total. The zero-order chi connectivity index (χ0) is 14.8. The van der Waals surface area contributed by atoms with Crippen LogP contribution >= 0.6 is 0 Å². The molecule has 2 N–H and O–H groups in total. The summed E-state index contributed by atoms with van der Waals surface area (Å²) in [6, 6.07) is 6.82. The minimum absolute atomic E-state index is 0.289. The number of hydrogen-bond donors (Lipinski definition) is 2. The van der Waals surface area contributed by atoms with Crippen LogP contribution < -0.4 is 15.4 Å². The lowest BCUT2D eigenvalue weighted by atomic mass is 10.3. The van der Waals surface area contributed by atoms with Crippen molar-refractivity contribution in [3.05, 3.63) is 24.3 Å². The maximum atomic E-state index is 11.8. The smallest absolute Gasteiger partial charge is 0.319 e. The van der Waals surface area contributed by atoms with Gasteiger partial charge in [-0.25, -0.2) is 4.79 Å². The molecule has 1 aromatic rings. The summed E-state index contributed by atoms with van der Waals surface area (Å²) in [5.74, 6) is 0.685. The highest BCUT2D eigenvalue weighted by Gasteiger charge is 2.10. The Morgan fingerprint density at radius 2 is 1.95 bits per heavy atom. The molecule has 0 spiro atoms. The molecule has 2 amide bonds. The van der Waals surface area contributed by atoms with E-state index in [0.717, 1.165) is 0 Å². The number of anilines is 1. The summed E-state index contributed by atoms with van der Waals surface area (Å²) >= 11 is 0. The molecule has 0 atom stereocenters. The summed E-state index contributed by atoms with van der Waals surface area (Å²) in [6.45, 7) is 5.11. The molecule has 1 rings (SSSR count). The molecular weight excluding hydrogens is 260 g/mol. The Morgan fingerprint density at radius 1 is 1.25 bits per heavy atom. The topological polar surface area (TPSA) is 68.8 Å². The molecule has 0 unspecified atom stereocenters. The van der Waals surface area contributed by atoms with Crippen LogP contribution in [0.15, 0.2) is 24.3 Å². The summed E-state index contributed by atoms with van der Waals surface area (Å²) in [6.07, 6.45) is -0.430. The largest absolute Gasteiger partial charge is 0.497 e. The van der Waals surface area contributed by atoms with Crippen molar-refractivity contribution in [2.24, 2.45) is 0 Å². The number of nitrogens with one attached hydrogen (secondary N) is 2. The van der Waals surface area contributed by atoms with Crippen LogP contribution in [0.25, 0.3) is 0 Å². The summed E-state index contributed by atoms with van der Waals surface area (Å²) < 4.78 is 15.8. The van der Waals surface area contributed by atoms with E-state index in [1.807, 2.05) is 19.9 Å². The molecular formula is C14H22N2O4. The van der Waals surface area contributed by atoms with E-state index < -0.39 is 6.29 Å². The number of hydrogen-bond acceptors (Lipinski definition) is 4. The van der Waals surface area contributed by atoms with Crippen molar-refractivity contribution in [3.63, 3.8) is 0 Å². The quantitative estimate of drug-likeness (QED) is 0.717. The Kier molecular flexibility index (Phi) is 7.46. The van der Waals surface area contributed by atoms with Crippen molar-refractivity contribution in [2.45, 2.75) is 20.1 Å². The first kappa shape index (κ1) is 16.3. The fourth-order valence-corrected chi connectivity index (χ4v) is 1.59. The third kappa shape index (κ3) is 5.90. The number of urea groups is 1. The van der Waals surface area contributed by atoms with Crippen molar-refractivity contribution in [1.82, 2.24) is 5.32 Å². The summed E-state index contributed by atoms with van der Waals surface area (Å²) in [5.41, 5.74) is 0.659. The Bertz CT molecular complexity index is 406. The van der Waals surface area contributed by atoms with Gasteiger partial charge in [-0.05, 0) is 26.0 Å². The molecule has 1 aromatic carbocycles. The SMILES string of the molecule is CCOC(CNC(=O)Nc1cccc(OC)c1)OCC. The van der Waals surface area contributed by atoms with E-state index in [1.165, 1.54) is 0 Å². The molecule has 0 bridgehead atoms. The molecule has 0 aliphatic rings. The maximum absolute atomic E-state index is 11.8. The van der Waals surface area contributed by atoms with Gasteiger partial charge in [-0.1, -0.05) is 6.07 Å². The lowest BCUT2D eigenvalue weighted by molar-refractivity contribution is -0.131. The second-order valence-electron chi connectivity index (χ2n) is 3.91. The van der Waals surface area contributed by atoms with E-state index >= 15 is 0 Å². The normalized spacial score (nSPS) is 10.4. The van der Waals surface area contributed by atoms with E-state index in [9.17, 15) is 4.79 Å². The van der Waals surface area contributed by atoms with Crippen LogP contribution in [0, 0.1) is 0 Å². The molecule has 6 heteroatoms. The first-order valence-corrected chi connectivity index (χ1v) is 6.61. The highest BCUT2D eigenvalue weighted by atomic mass is 16.7.